The van der Waals surface area contributed by atoms with Gasteiger partial charge in [0.05, 0.1) is 19.8 Å². The van der Waals surface area contributed by atoms with E-state index in [1.165, 1.54) is 7.11 Å². The van der Waals surface area contributed by atoms with Crippen LogP contribution in [0.2, 0.25) is 0 Å². The fourth-order valence-electron chi connectivity index (χ4n) is 1.68. The third-order valence-electron chi connectivity index (χ3n) is 2.96. The van der Waals surface area contributed by atoms with Gasteiger partial charge in [0, 0.05) is 13.2 Å². The highest BCUT2D eigenvalue weighted by Gasteiger charge is 2.33. The smallest absolute Gasteiger partial charge is 0.325 e. The topological polar surface area (TPSA) is 56.8 Å². The minimum absolute atomic E-state index is 0.0352. The SMILES string of the molecule is CCCNC(C)(CCOC(C)COCC)C(=O)OC. The molecule has 0 aliphatic rings. The third kappa shape index (κ3) is 7.50. The van der Waals surface area contributed by atoms with E-state index in [1.807, 2.05) is 20.8 Å². The summed E-state index contributed by atoms with van der Waals surface area (Å²) in [6.07, 6.45) is 1.58. The molecule has 0 aromatic rings. The first-order chi connectivity index (χ1) is 9.00. The molecule has 0 amide bonds. The van der Waals surface area contributed by atoms with Crippen LogP contribution in [0.25, 0.3) is 0 Å². The summed E-state index contributed by atoms with van der Waals surface area (Å²) in [5, 5.41) is 3.23. The van der Waals surface area contributed by atoms with Crippen molar-refractivity contribution < 1.29 is 19.0 Å². The van der Waals surface area contributed by atoms with E-state index in [-0.39, 0.29) is 12.1 Å². The normalized spacial score (nSPS) is 15.8. The second kappa shape index (κ2) is 10.2. The Balaban J connectivity index is 4.15. The number of hydrogen-bond acceptors (Lipinski definition) is 5. The molecule has 114 valence electrons. The van der Waals surface area contributed by atoms with Crippen molar-refractivity contribution >= 4 is 5.97 Å². The van der Waals surface area contributed by atoms with E-state index in [0.717, 1.165) is 13.0 Å². The molecule has 0 spiro atoms. The second-order valence-corrected chi connectivity index (χ2v) is 4.84. The van der Waals surface area contributed by atoms with Crippen LogP contribution in [-0.4, -0.2) is 51.1 Å². The molecule has 0 saturated heterocycles. The van der Waals surface area contributed by atoms with Gasteiger partial charge in [0.15, 0.2) is 0 Å². The molecule has 2 unspecified atom stereocenters. The quantitative estimate of drug-likeness (QED) is 0.582. The zero-order valence-electron chi connectivity index (χ0n) is 13.0. The van der Waals surface area contributed by atoms with Crippen LogP contribution in [0.5, 0.6) is 0 Å². The van der Waals surface area contributed by atoms with Gasteiger partial charge in [-0.05, 0) is 40.2 Å². The van der Waals surface area contributed by atoms with E-state index < -0.39 is 5.54 Å². The van der Waals surface area contributed by atoms with Crippen molar-refractivity contribution in [2.24, 2.45) is 0 Å². The first kappa shape index (κ1) is 18.4. The number of rotatable bonds is 11. The van der Waals surface area contributed by atoms with Crippen LogP contribution in [0, 0.1) is 0 Å². The van der Waals surface area contributed by atoms with E-state index >= 15 is 0 Å². The molecule has 0 bridgehead atoms. The predicted molar refractivity (Wildman–Crippen MR) is 75.2 cm³/mol. The zero-order valence-corrected chi connectivity index (χ0v) is 13.0. The fraction of sp³-hybridized carbons (Fsp3) is 0.929. The highest BCUT2D eigenvalue weighted by atomic mass is 16.5. The summed E-state index contributed by atoms with van der Waals surface area (Å²) in [6.45, 7) is 10.4. The number of nitrogens with one attached hydrogen (secondary N) is 1. The van der Waals surface area contributed by atoms with Gasteiger partial charge in [-0.15, -0.1) is 0 Å². The van der Waals surface area contributed by atoms with Crippen molar-refractivity contribution in [2.45, 2.75) is 52.2 Å². The van der Waals surface area contributed by atoms with Crippen molar-refractivity contribution in [1.82, 2.24) is 5.32 Å². The zero-order chi connectivity index (χ0) is 14.7. The van der Waals surface area contributed by atoms with Crippen molar-refractivity contribution in [3.8, 4) is 0 Å². The summed E-state index contributed by atoms with van der Waals surface area (Å²) in [6, 6.07) is 0. The van der Waals surface area contributed by atoms with Gasteiger partial charge in [0.2, 0.25) is 0 Å². The Kier molecular flexibility index (Phi) is 9.83. The molecule has 0 fully saturated rings. The molecular formula is C14H29NO4. The predicted octanol–water partition coefficient (Wildman–Crippen LogP) is 1.75. The van der Waals surface area contributed by atoms with E-state index in [4.69, 9.17) is 14.2 Å². The third-order valence-corrected chi connectivity index (χ3v) is 2.96. The molecule has 0 aliphatic heterocycles. The molecule has 0 rings (SSSR count). The average molecular weight is 275 g/mol. The summed E-state index contributed by atoms with van der Waals surface area (Å²) < 4.78 is 15.8. The van der Waals surface area contributed by atoms with Gasteiger partial charge in [-0.1, -0.05) is 6.92 Å². The summed E-state index contributed by atoms with van der Waals surface area (Å²) in [5.74, 6) is -0.248. The second-order valence-electron chi connectivity index (χ2n) is 4.84. The summed E-state index contributed by atoms with van der Waals surface area (Å²) in [5.41, 5.74) is -0.684. The lowest BCUT2D eigenvalue weighted by Gasteiger charge is -2.28. The molecule has 1 N–H and O–H groups in total. The number of carbonyl (C=O) groups is 1. The average Bonchev–Trinajstić information content (AvgIpc) is 2.41. The Morgan fingerprint density at radius 1 is 1.37 bits per heavy atom. The van der Waals surface area contributed by atoms with E-state index in [0.29, 0.717) is 26.2 Å². The molecule has 0 radical (unpaired) electrons. The van der Waals surface area contributed by atoms with Crippen molar-refractivity contribution in [1.29, 1.82) is 0 Å². The Hall–Kier alpha value is -0.650. The van der Waals surface area contributed by atoms with Crippen LogP contribution in [0.4, 0.5) is 0 Å². The van der Waals surface area contributed by atoms with Gasteiger partial charge in [-0.3, -0.25) is 4.79 Å². The maximum atomic E-state index is 11.8. The molecule has 19 heavy (non-hydrogen) atoms. The number of esters is 1. The maximum absolute atomic E-state index is 11.8. The van der Waals surface area contributed by atoms with Crippen molar-refractivity contribution in [2.75, 3.05) is 33.5 Å². The summed E-state index contributed by atoms with van der Waals surface area (Å²) in [4.78, 5) is 11.8. The lowest BCUT2D eigenvalue weighted by Crippen LogP contribution is -2.51. The molecule has 0 aromatic carbocycles. The Labute approximate surface area is 117 Å². The number of ether oxygens (including phenoxy) is 3. The Morgan fingerprint density at radius 2 is 2.05 bits per heavy atom. The van der Waals surface area contributed by atoms with Crippen LogP contribution in [0.15, 0.2) is 0 Å². The van der Waals surface area contributed by atoms with Crippen LogP contribution in [-0.2, 0) is 19.0 Å². The van der Waals surface area contributed by atoms with E-state index in [1.54, 1.807) is 0 Å². The first-order valence-corrected chi connectivity index (χ1v) is 7.03. The van der Waals surface area contributed by atoms with Crippen LogP contribution >= 0.6 is 0 Å². The lowest BCUT2D eigenvalue weighted by molar-refractivity contribution is -0.149. The molecule has 5 heteroatoms. The molecule has 0 aromatic heterocycles. The molecule has 0 saturated carbocycles. The van der Waals surface area contributed by atoms with Gasteiger partial charge in [-0.2, -0.15) is 0 Å². The van der Waals surface area contributed by atoms with E-state index in [9.17, 15) is 4.79 Å². The van der Waals surface area contributed by atoms with Crippen molar-refractivity contribution in [3.63, 3.8) is 0 Å². The van der Waals surface area contributed by atoms with Crippen LogP contribution in [0.1, 0.15) is 40.5 Å². The number of methoxy groups -OCH3 is 1. The molecule has 5 nitrogen and oxygen atoms in total. The van der Waals surface area contributed by atoms with Gasteiger partial charge >= 0.3 is 5.97 Å². The van der Waals surface area contributed by atoms with Crippen molar-refractivity contribution in [3.05, 3.63) is 0 Å². The monoisotopic (exact) mass is 275 g/mol. The Morgan fingerprint density at radius 3 is 2.58 bits per heavy atom. The standard InChI is InChI=1S/C14H29NO4/c1-6-9-15-14(4,13(16)17-5)8-10-19-12(3)11-18-7-2/h12,15H,6-11H2,1-5H3. The summed E-state index contributed by atoms with van der Waals surface area (Å²) >= 11 is 0. The van der Waals surface area contributed by atoms with Crippen LogP contribution in [0.3, 0.4) is 0 Å². The minimum atomic E-state index is -0.684. The molecule has 0 heterocycles. The highest BCUT2D eigenvalue weighted by molar-refractivity contribution is 5.80. The van der Waals surface area contributed by atoms with Gasteiger partial charge in [0.1, 0.15) is 5.54 Å². The van der Waals surface area contributed by atoms with Crippen LogP contribution < -0.4 is 5.32 Å². The molecule has 2 atom stereocenters. The summed E-state index contributed by atoms with van der Waals surface area (Å²) in [7, 11) is 1.41. The lowest BCUT2D eigenvalue weighted by atomic mass is 9.98. The number of hydrogen-bond donors (Lipinski definition) is 1. The maximum Gasteiger partial charge on any atom is 0.325 e. The first-order valence-electron chi connectivity index (χ1n) is 7.03. The molecule has 0 aliphatic carbocycles. The highest BCUT2D eigenvalue weighted by Crippen LogP contribution is 2.13. The van der Waals surface area contributed by atoms with Gasteiger partial charge < -0.3 is 19.5 Å². The van der Waals surface area contributed by atoms with Gasteiger partial charge in [0.25, 0.3) is 0 Å². The molecular weight excluding hydrogens is 246 g/mol. The fourth-order valence-corrected chi connectivity index (χ4v) is 1.68. The minimum Gasteiger partial charge on any atom is -0.468 e. The Bertz CT molecular complexity index is 248. The van der Waals surface area contributed by atoms with E-state index in [2.05, 4.69) is 12.2 Å². The number of carbonyl (C=O) groups excluding carboxylic acids is 1. The van der Waals surface area contributed by atoms with Gasteiger partial charge in [-0.25, -0.2) is 0 Å². The largest absolute Gasteiger partial charge is 0.468 e.